The van der Waals surface area contributed by atoms with Crippen molar-refractivity contribution >= 4 is 0 Å². The molecule has 0 radical (unpaired) electrons. The van der Waals surface area contributed by atoms with Crippen LogP contribution in [-0.4, -0.2) is 30.8 Å². The van der Waals surface area contributed by atoms with Crippen LogP contribution >= 0.6 is 0 Å². The molecular weight excluding hydrogens is 216 g/mol. The second kappa shape index (κ2) is 5.98. The summed E-state index contributed by atoms with van der Waals surface area (Å²) in [5.74, 6) is 0.852. The Labute approximate surface area is 102 Å². The Morgan fingerprint density at radius 1 is 1.53 bits per heavy atom. The fourth-order valence-corrected chi connectivity index (χ4v) is 1.69. The summed E-state index contributed by atoms with van der Waals surface area (Å²) in [4.78, 5) is 4.11. The van der Waals surface area contributed by atoms with Crippen LogP contribution in [0.3, 0.4) is 0 Å². The van der Waals surface area contributed by atoms with E-state index in [4.69, 9.17) is 9.47 Å². The van der Waals surface area contributed by atoms with Crippen molar-refractivity contribution in [3.63, 3.8) is 0 Å². The van der Waals surface area contributed by atoms with Gasteiger partial charge in [-0.3, -0.25) is 4.98 Å². The number of rotatable bonds is 7. The van der Waals surface area contributed by atoms with Crippen molar-refractivity contribution < 1.29 is 9.47 Å². The molecule has 0 aliphatic heterocycles. The van der Waals surface area contributed by atoms with Crippen molar-refractivity contribution in [2.45, 2.75) is 38.5 Å². The smallest absolute Gasteiger partial charge is 0.142 e. The molecule has 1 heterocycles. The molecule has 0 bridgehead atoms. The monoisotopic (exact) mass is 236 g/mol. The van der Waals surface area contributed by atoms with Gasteiger partial charge in [0.25, 0.3) is 0 Å². The first-order valence-corrected chi connectivity index (χ1v) is 6.11. The number of nitrogens with one attached hydrogen (secondary N) is 1. The van der Waals surface area contributed by atoms with Crippen LogP contribution in [0.1, 0.15) is 25.3 Å². The zero-order valence-corrected chi connectivity index (χ0v) is 10.5. The highest BCUT2D eigenvalue weighted by Gasteiger charge is 2.20. The van der Waals surface area contributed by atoms with Crippen LogP contribution in [0.2, 0.25) is 0 Å². The first kappa shape index (κ1) is 12.3. The van der Waals surface area contributed by atoms with E-state index in [1.165, 1.54) is 12.8 Å². The number of nitrogens with zero attached hydrogens (tertiary/aromatic N) is 1. The highest BCUT2D eigenvalue weighted by molar-refractivity contribution is 5.30. The van der Waals surface area contributed by atoms with Crippen LogP contribution in [0, 0.1) is 0 Å². The molecule has 1 saturated carbocycles. The normalized spacial score (nSPS) is 16.8. The van der Waals surface area contributed by atoms with Crippen LogP contribution in [0.4, 0.5) is 0 Å². The number of methoxy groups -OCH3 is 1. The van der Waals surface area contributed by atoms with E-state index in [1.54, 1.807) is 19.5 Å². The van der Waals surface area contributed by atoms with Gasteiger partial charge in [0.05, 0.1) is 12.8 Å². The average molecular weight is 236 g/mol. The van der Waals surface area contributed by atoms with Gasteiger partial charge < -0.3 is 14.8 Å². The Bertz CT molecular complexity index is 353. The summed E-state index contributed by atoms with van der Waals surface area (Å²) < 4.78 is 10.9. The summed E-state index contributed by atoms with van der Waals surface area (Å²) >= 11 is 0. The highest BCUT2D eigenvalue weighted by Crippen LogP contribution is 2.22. The molecule has 1 aromatic heterocycles. The lowest BCUT2D eigenvalue weighted by molar-refractivity contribution is 0.0910. The number of pyridine rings is 1. The van der Waals surface area contributed by atoms with E-state index in [-0.39, 0.29) is 6.10 Å². The van der Waals surface area contributed by atoms with E-state index in [1.807, 2.05) is 13.0 Å². The maximum absolute atomic E-state index is 5.81. The predicted molar refractivity (Wildman–Crippen MR) is 66.1 cm³/mol. The van der Waals surface area contributed by atoms with Gasteiger partial charge in [0, 0.05) is 31.5 Å². The van der Waals surface area contributed by atoms with E-state index >= 15 is 0 Å². The van der Waals surface area contributed by atoms with Gasteiger partial charge in [-0.15, -0.1) is 0 Å². The minimum absolute atomic E-state index is 0.0453. The van der Waals surface area contributed by atoms with Gasteiger partial charge in [0.15, 0.2) is 0 Å². The lowest BCUT2D eigenvalue weighted by Gasteiger charge is -2.16. The van der Waals surface area contributed by atoms with Crippen molar-refractivity contribution in [3.8, 4) is 5.75 Å². The SMILES string of the molecule is COCC(C)Oc1cnccc1CNC1CC1. The Morgan fingerprint density at radius 3 is 3.06 bits per heavy atom. The molecule has 1 aliphatic rings. The molecule has 17 heavy (non-hydrogen) atoms. The Morgan fingerprint density at radius 2 is 2.35 bits per heavy atom. The van der Waals surface area contributed by atoms with Gasteiger partial charge >= 0.3 is 0 Å². The van der Waals surface area contributed by atoms with E-state index in [2.05, 4.69) is 10.3 Å². The largest absolute Gasteiger partial charge is 0.486 e. The summed E-state index contributed by atoms with van der Waals surface area (Å²) in [5.41, 5.74) is 1.16. The third-order valence-electron chi connectivity index (χ3n) is 2.76. The van der Waals surface area contributed by atoms with Gasteiger partial charge in [0.1, 0.15) is 11.9 Å². The molecule has 1 aliphatic carbocycles. The lowest BCUT2D eigenvalue weighted by Crippen LogP contribution is -2.21. The average Bonchev–Trinajstić information content (AvgIpc) is 3.12. The molecule has 4 nitrogen and oxygen atoms in total. The van der Waals surface area contributed by atoms with Gasteiger partial charge in [-0.05, 0) is 25.8 Å². The maximum Gasteiger partial charge on any atom is 0.142 e. The molecule has 4 heteroatoms. The Hall–Kier alpha value is -1.13. The van der Waals surface area contributed by atoms with Crippen LogP contribution in [0.25, 0.3) is 0 Å². The highest BCUT2D eigenvalue weighted by atomic mass is 16.5. The second-order valence-corrected chi connectivity index (χ2v) is 4.52. The van der Waals surface area contributed by atoms with Crippen molar-refractivity contribution in [1.29, 1.82) is 0 Å². The number of aromatic nitrogens is 1. The zero-order chi connectivity index (χ0) is 12.1. The standard InChI is InChI=1S/C13H20N2O2/c1-10(9-16-2)17-13-8-14-6-5-11(13)7-15-12-3-4-12/h5-6,8,10,12,15H,3-4,7,9H2,1-2H3. The molecule has 0 saturated heterocycles. The number of ether oxygens (including phenoxy) is 2. The summed E-state index contributed by atoms with van der Waals surface area (Å²) in [7, 11) is 1.68. The van der Waals surface area contributed by atoms with E-state index < -0.39 is 0 Å². The Balaban J connectivity index is 1.93. The van der Waals surface area contributed by atoms with E-state index in [0.717, 1.165) is 17.9 Å². The molecule has 1 unspecified atom stereocenters. The van der Waals surface area contributed by atoms with Crippen LogP contribution in [0.15, 0.2) is 18.5 Å². The quantitative estimate of drug-likeness (QED) is 0.783. The first-order chi connectivity index (χ1) is 8.29. The minimum Gasteiger partial charge on any atom is -0.486 e. The van der Waals surface area contributed by atoms with Crippen LogP contribution in [0.5, 0.6) is 5.75 Å². The van der Waals surface area contributed by atoms with Crippen molar-refractivity contribution in [1.82, 2.24) is 10.3 Å². The fourth-order valence-electron chi connectivity index (χ4n) is 1.69. The molecule has 1 fully saturated rings. The predicted octanol–water partition coefficient (Wildman–Crippen LogP) is 1.75. The number of hydrogen-bond donors (Lipinski definition) is 1. The fraction of sp³-hybridized carbons (Fsp3) is 0.615. The van der Waals surface area contributed by atoms with E-state index in [0.29, 0.717) is 12.6 Å². The van der Waals surface area contributed by atoms with Crippen LogP contribution in [-0.2, 0) is 11.3 Å². The molecule has 0 spiro atoms. The van der Waals surface area contributed by atoms with Crippen molar-refractivity contribution in [2.24, 2.45) is 0 Å². The molecule has 1 atom stereocenters. The topological polar surface area (TPSA) is 43.4 Å². The van der Waals surface area contributed by atoms with Gasteiger partial charge in [-0.2, -0.15) is 0 Å². The second-order valence-electron chi connectivity index (χ2n) is 4.52. The first-order valence-electron chi connectivity index (χ1n) is 6.11. The molecule has 0 amide bonds. The molecule has 1 N–H and O–H groups in total. The van der Waals surface area contributed by atoms with E-state index in [9.17, 15) is 0 Å². The Kier molecular flexibility index (Phi) is 4.34. The molecule has 94 valence electrons. The molecule has 2 rings (SSSR count). The third kappa shape index (κ3) is 3.98. The van der Waals surface area contributed by atoms with Gasteiger partial charge in [0.2, 0.25) is 0 Å². The zero-order valence-electron chi connectivity index (χ0n) is 10.5. The lowest BCUT2D eigenvalue weighted by atomic mass is 10.2. The summed E-state index contributed by atoms with van der Waals surface area (Å²) in [6.45, 7) is 3.43. The summed E-state index contributed by atoms with van der Waals surface area (Å²) in [5, 5.41) is 3.48. The molecule has 1 aromatic rings. The van der Waals surface area contributed by atoms with Crippen molar-refractivity contribution in [3.05, 3.63) is 24.0 Å². The third-order valence-corrected chi connectivity index (χ3v) is 2.76. The molecular formula is C13H20N2O2. The summed E-state index contributed by atoms with van der Waals surface area (Å²) in [6, 6.07) is 2.71. The van der Waals surface area contributed by atoms with Gasteiger partial charge in [-0.1, -0.05) is 0 Å². The molecule has 0 aromatic carbocycles. The minimum atomic E-state index is 0.0453. The number of hydrogen-bond acceptors (Lipinski definition) is 4. The van der Waals surface area contributed by atoms with Gasteiger partial charge in [-0.25, -0.2) is 0 Å². The van der Waals surface area contributed by atoms with Crippen molar-refractivity contribution in [2.75, 3.05) is 13.7 Å². The van der Waals surface area contributed by atoms with Crippen LogP contribution < -0.4 is 10.1 Å². The maximum atomic E-state index is 5.81. The summed E-state index contributed by atoms with van der Waals surface area (Å²) in [6.07, 6.45) is 6.21.